The first-order valence-corrected chi connectivity index (χ1v) is 12.0. The molecule has 0 bridgehead atoms. The van der Waals surface area contributed by atoms with Gasteiger partial charge in [0.05, 0.1) is 0 Å². The summed E-state index contributed by atoms with van der Waals surface area (Å²) < 4.78 is 5.12. The van der Waals surface area contributed by atoms with Crippen molar-refractivity contribution in [2.45, 2.75) is 129 Å². The Morgan fingerprint density at radius 1 is 0.593 bits per heavy atom. The summed E-state index contributed by atoms with van der Waals surface area (Å²) in [5.74, 6) is -0.0554. The Morgan fingerprint density at radius 3 is 1.26 bits per heavy atom. The zero-order valence-electron chi connectivity index (χ0n) is 18.9. The zero-order valence-corrected chi connectivity index (χ0v) is 18.9. The Hall–Kier alpha value is -0.570. The van der Waals surface area contributed by atoms with Crippen LogP contribution < -0.4 is 0 Å². The number of carbonyl (C=O) groups is 1. The Morgan fingerprint density at radius 2 is 0.926 bits per heavy atom. The molecular formula is C24H49NO2. The van der Waals surface area contributed by atoms with E-state index in [4.69, 9.17) is 4.74 Å². The molecule has 0 aromatic carbocycles. The number of nitrogens with zero attached hydrogens (tertiary/aromatic N) is 1. The van der Waals surface area contributed by atoms with Gasteiger partial charge in [0.2, 0.25) is 0 Å². The van der Waals surface area contributed by atoms with Gasteiger partial charge in [-0.1, -0.05) is 116 Å². The first kappa shape index (κ1) is 26.4. The summed E-state index contributed by atoms with van der Waals surface area (Å²) in [7, 11) is 3.81. The topological polar surface area (TPSA) is 29.5 Å². The second kappa shape index (κ2) is 21.7. The summed E-state index contributed by atoms with van der Waals surface area (Å²) in [6.45, 7) is 2.69. The molecular weight excluding hydrogens is 334 g/mol. The highest BCUT2D eigenvalue weighted by Crippen LogP contribution is 2.14. The molecule has 0 heterocycles. The number of rotatable bonds is 21. The summed E-state index contributed by atoms with van der Waals surface area (Å²) in [5, 5.41) is 0. The monoisotopic (exact) mass is 383 g/mol. The average molecular weight is 384 g/mol. The summed E-state index contributed by atoms with van der Waals surface area (Å²) in [5.41, 5.74) is 0. The molecule has 0 saturated heterocycles. The van der Waals surface area contributed by atoms with E-state index in [-0.39, 0.29) is 5.97 Å². The molecule has 0 rings (SSSR count). The maximum atomic E-state index is 11.5. The molecule has 3 heteroatoms. The summed E-state index contributed by atoms with van der Waals surface area (Å²) >= 11 is 0. The van der Waals surface area contributed by atoms with Crippen LogP contribution in [0.3, 0.4) is 0 Å². The second-order valence-corrected chi connectivity index (χ2v) is 8.49. The Labute approximate surface area is 170 Å². The van der Waals surface area contributed by atoms with E-state index in [1.165, 1.54) is 103 Å². The highest BCUT2D eigenvalue weighted by Gasteiger charge is 2.02. The lowest BCUT2D eigenvalue weighted by molar-refractivity contribution is -0.147. The normalized spacial score (nSPS) is 11.3. The van der Waals surface area contributed by atoms with Crippen LogP contribution in [0.1, 0.15) is 129 Å². The van der Waals surface area contributed by atoms with Crippen molar-refractivity contribution in [1.29, 1.82) is 0 Å². The fourth-order valence-electron chi connectivity index (χ4n) is 3.44. The van der Waals surface area contributed by atoms with E-state index >= 15 is 0 Å². The van der Waals surface area contributed by atoms with Crippen LogP contribution in [-0.2, 0) is 9.53 Å². The van der Waals surface area contributed by atoms with E-state index in [2.05, 4.69) is 6.92 Å². The molecule has 27 heavy (non-hydrogen) atoms. The molecule has 0 aromatic heterocycles. The van der Waals surface area contributed by atoms with Crippen LogP contribution in [0.4, 0.5) is 0 Å². The third-order valence-corrected chi connectivity index (χ3v) is 5.22. The third-order valence-electron chi connectivity index (χ3n) is 5.22. The first-order valence-electron chi connectivity index (χ1n) is 12.0. The van der Waals surface area contributed by atoms with Crippen LogP contribution in [-0.4, -0.2) is 31.7 Å². The maximum Gasteiger partial charge on any atom is 0.307 e. The van der Waals surface area contributed by atoms with Crippen LogP contribution >= 0.6 is 0 Å². The lowest BCUT2D eigenvalue weighted by Gasteiger charge is -2.10. The molecule has 0 unspecified atom stereocenters. The molecule has 162 valence electrons. The van der Waals surface area contributed by atoms with Gasteiger partial charge in [-0.2, -0.15) is 0 Å². The quantitative estimate of drug-likeness (QED) is 0.117. The van der Waals surface area contributed by atoms with E-state index in [9.17, 15) is 4.79 Å². The molecule has 3 nitrogen and oxygen atoms in total. The number of hydrogen-bond acceptors (Lipinski definition) is 3. The molecule has 0 fully saturated rings. The van der Waals surface area contributed by atoms with Crippen LogP contribution in [0.2, 0.25) is 0 Å². The standard InChI is InChI=1S/C24H49NO2/c1-4-5-6-7-8-9-10-11-12-13-14-15-16-17-18-19-20-21-22-24(26)27-23-25(2)3/h4-23H2,1-3H3. The smallest absolute Gasteiger partial charge is 0.307 e. The average Bonchev–Trinajstić information content (AvgIpc) is 2.65. The van der Waals surface area contributed by atoms with Gasteiger partial charge in [-0.25, -0.2) is 0 Å². The van der Waals surface area contributed by atoms with Crippen molar-refractivity contribution in [2.75, 3.05) is 20.8 Å². The fraction of sp³-hybridized carbons (Fsp3) is 0.958. The lowest BCUT2D eigenvalue weighted by Crippen LogP contribution is -2.19. The summed E-state index contributed by atoms with van der Waals surface area (Å²) in [4.78, 5) is 13.3. The molecule has 0 spiro atoms. The number of esters is 1. The first-order chi connectivity index (χ1) is 13.2. The van der Waals surface area contributed by atoms with Crippen molar-refractivity contribution in [1.82, 2.24) is 4.90 Å². The Bertz CT molecular complexity index is 305. The number of unbranched alkanes of at least 4 members (excludes halogenated alkanes) is 17. The van der Waals surface area contributed by atoms with Gasteiger partial charge in [0.25, 0.3) is 0 Å². The minimum atomic E-state index is -0.0554. The van der Waals surface area contributed by atoms with E-state index in [1.54, 1.807) is 0 Å². The van der Waals surface area contributed by atoms with Gasteiger partial charge < -0.3 is 4.74 Å². The number of carbonyl (C=O) groups excluding carboxylic acids is 1. The molecule has 0 radical (unpaired) electrons. The van der Waals surface area contributed by atoms with Crippen molar-refractivity contribution in [3.05, 3.63) is 0 Å². The molecule has 0 atom stereocenters. The van der Waals surface area contributed by atoms with E-state index < -0.39 is 0 Å². The SMILES string of the molecule is CCCCCCCCCCCCCCCCCCCCC(=O)OCN(C)C. The lowest BCUT2D eigenvalue weighted by atomic mass is 10.0. The Kier molecular flexibility index (Phi) is 21.3. The minimum Gasteiger partial charge on any atom is -0.450 e. The van der Waals surface area contributed by atoms with Crippen molar-refractivity contribution < 1.29 is 9.53 Å². The molecule has 0 aliphatic heterocycles. The zero-order chi connectivity index (χ0) is 20.0. The summed E-state index contributed by atoms with van der Waals surface area (Å²) in [6, 6.07) is 0. The van der Waals surface area contributed by atoms with Crippen LogP contribution in [0, 0.1) is 0 Å². The molecule has 0 amide bonds. The van der Waals surface area contributed by atoms with Crippen molar-refractivity contribution >= 4 is 5.97 Å². The number of hydrogen-bond donors (Lipinski definition) is 0. The van der Waals surface area contributed by atoms with Crippen LogP contribution in [0.15, 0.2) is 0 Å². The van der Waals surface area contributed by atoms with Gasteiger partial charge in [-0.3, -0.25) is 9.69 Å². The van der Waals surface area contributed by atoms with Crippen molar-refractivity contribution in [3.63, 3.8) is 0 Å². The number of ether oxygens (including phenoxy) is 1. The fourth-order valence-corrected chi connectivity index (χ4v) is 3.44. The van der Waals surface area contributed by atoms with Gasteiger partial charge in [-0.15, -0.1) is 0 Å². The molecule has 0 aromatic rings. The van der Waals surface area contributed by atoms with Gasteiger partial charge >= 0.3 is 5.97 Å². The van der Waals surface area contributed by atoms with Crippen molar-refractivity contribution in [3.8, 4) is 0 Å². The predicted molar refractivity (Wildman–Crippen MR) is 118 cm³/mol. The van der Waals surface area contributed by atoms with Gasteiger partial charge in [0.1, 0.15) is 6.73 Å². The van der Waals surface area contributed by atoms with Gasteiger partial charge in [0.15, 0.2) is 0 Å². The minimum absolute atomic E-state index is 0.0554. The van der Waals surface area contributed by atoms with Crippen LogP contribution in [0.25, 0.3) is 0 Å². The van der Waals surface area contributed by atoms with Crippen molar-refractivity contribution in [2.24, 2.45) is 0 Å². The van der Waals surface area contributed by atoms with Crippen LogP contribution in [0.5, 0.6) is 0 Å². The van der Waals surface area contributed by atoms with Gasteiger partial charge in [-0.05, 0) is 20.5 Å². The highest BCUT2D eigenvalue weighted by atomic mass is 16.5. The van der Waals surface area contributed by atoms with E-state index in [0.717, 1.165) is 12.8 Å². The largest absolute Gasteiger partial charge is 0.450 e. The second-order valence-electron chi connectivity index (χ2n) is 8.49. The van der Waals surface area contributed by atoms with Gasteiger partial charge in [0, 0.05) is 6.42 Å². The Balaban J connectivity index is 3.08. The van der Waals surface area contributed by atoms with E-state index in [1.807, 2.05) is 19.0 Å². The third kappa shape index (κ3) is 23.4. The highest BCUT2D eigenvalue weighted by molar-refractivity contribution is 5.69. The molecule has 0 aliphatic carbocycles. The predicted octanol–water partition coefficient (Wildman–Crippen LogP) is 7.48. The summed E-state index contributed by atoms with van der Waals surface area (Å²) in [6.07, 6.45) is 25.3. The maximum absolute atomic E-state index is 11.5. The molecule has 0 aliphatic rings. The molecule has 0 saturated carbocycles. The molecule has 0 N–H and O–H groups in total. The van der Waals surface area contributed by atoms with E-state index in [0.29, 0.717) is 13.2 Å².